The highest BCUT2D eigenvalue weighted by molar-refractivity contribution is 7.22. The summed E-state index contributed by atoms with van der Waals surface area (Å²) in [6, 6.07) is 11.3. The predicted molar refractivity (Wildman–Crippen MR) is 130 cm³/mol. The minimum absolute atomic E-state index is 0.114. The zero-order valence-corrected chi connectivity index (χ0v) is 19.9. The van der Waals surface area contributed by atoms with E-state index in [4.69, 9.17) is 16.0 Å². The first-order valence-corrected chi connectivity index (χ1v) is 11.5. The monoisotopic (exact) mass is 509 g/mol. The van der Waals surface area contributed by atoms with E-state index in [0.717, 1.165) is 11.3 Å². The van der Waals surface area contributed by atoms with E-state index >= 15 is 0 Å². The zero-order valence-electron chi connectivity index (χ0n) is 18.3. The number of nitro groups is 1. The number of ketones is 1. The normalized spacial score (nSPS) is 15.9. The summed E-state index contributed by atoms with van der Waals surface area (Å²) in [7, 11) is 0. The standard InChI is InChI=1S/C24H16ClN3O6S/c1-11-9-16(12(2)34-11)21(29)19-20(13-3-5-14(25)6-4-13)27(23(31)22(19)30)24-26-17-8-7-15(28(32)33)10-18(17)35-24/h3-10,20,30H,1-2H3. The molecule has 0 fully saturated rings. The van der Waals surface area contributed by atoms with Crippen molar-refractivity contribution in [2.24, 2.45) is 0 Å². The Kier molecular flexibility index (Phi) is 5.42. The number of rotatable bonds is 5. The van der Waals surface area contributed by atoms with Crippen molar-refractivity contribution in [3.05, 3.63) is 97.6 Å². The molecule has 9 nitrogen and oxygen atoms in total. The van der Waals surface area contributed by atoms with Crippen molar-refractivity contribution in [1.82, 2.24) is 4.98 Å². The van der Waals surface area contributed by atoms with Gasteiger partial charge in [-0.15, -0.1) is 0 Å². The summed E-state index contributed by atoms with van der Waals surface area (Å²) >= 11 is 7.10. The number of aliphatic hydroxyl groups is 1. The van der Waals surface area contributed by atoms with Crippen molar-refractivity contribution in [2.75, 3.05) is 4.90 Å². The third-order valence-electron chi connectivity index (χ3n) is 5.70. The molecule has 1 unspecified atom stereocenters. The number of hydrogen-bond donors (Lipinski definition) is 1. The van der Waals surface area contributed by atoms with Gasteiger partial charge in [-0.1, -0.05) is 35.1 Å². The molecule has 0 saturated heterocycles. The van der Waals surface area contributed by atoms with Crippen LogP contribution in [0.15, 0.2) is 64.3 Å². The Hall–Kier alpha value is -4.02. The van der Waals surface area contributed by atoms with Gasteiger partial charge >= 0.3 is 0 Å². The van der Waals surface area contributed by atoms with Crippen molar-refractivity contribution in [1.29, 1.82) is 0 Å². The molecule has 2 aromatic carbocycles. The number of nitro benzene ring substituents is 1. The molecule has 5 rings (SSSR count). The molecule has 1 aliphatic heterocycles. The number of hydrogen-bond acceptors (Lipinski definition) is 8. The van der Waals surface area contributed by atoms with Crippen LogP contribution in [-0.2, 0) is 4.79 Å². The van der Waals surface area contributed by atoms with Gasteiger partial charge in [0.25, 0.3) is 11.6 Å². The van der Waals surface area contributed by atoms with Gasteiger partial charge in [-0.2, -0.15) is 0 Å². The number of halogens is 1. The number of fused-ring (bicyclic) bond motifs is 1. The summed E-state index contributed by atoms with van der Waals surface area (Å²) < 4.78 is 5.97. The van der Waals surface area contributed by atoms with Crippen molar-refractivity contribution in [3.8, 4) is 0 Å². The van der Waals surface area contributed by atoms with Crippen LogP contribution in [0.5, 0.6) is 0 Å². The Bertz CT molecular complexity index is 1570. The van der Waals surface area contributed by atoms with Crippen LogP contribution in [0.2, 0.25) is 5.02 Å². The molecule has 1 amide bonds. The number of benzene rings is 2. The number of carbonyl (C=O) groups excluding carboxylic acids is 2. The first-order chi connectivity index (χ1) is 16.7. The molecule has 2 aromatic heterocycles. The third-order valence-corrected chi connectivity index (χ3v) is 6.97. The van der Waals surface area contributed by atoms with Crippen molar-refractivity contribution < 1.29 is 24.0 Å². The molecule has 1 atom stereocenters. The van der Waals surface area contributed by atoms with Crippen LogP contribution in [0.25, 0.3) is 10.2 Å². The van der Waals surface area contributed by atoms with E-state index in [1.54, 1.807) is 44.2 Å². The predicted octanol–water partition coefficient (Wildman–Crippen LogP) is 5.85. The van der Waals surface area contributed by atoms with Gasteiger partial charge in [-0.3, -0.25) is 24.6 Å². The van der Waals surface area contributed by atoms with Gasteiger partial charge in [0.1, 0.15) is 11.5 Å². The number of furan rings is 1. The third kappa shape index (κ3) is 3.76. The van der Waals surface area contributed by atoms with Gasteiger partial charge < -0.3 is 9.52 Å². The van der Waals surface area contributed by atoms with Crippen LogP contribution in [0.3, 0.4) is 0 Å². The topological polar surface area (TPSA) is 127 Å². The molecule has 0 radical (unpaired) electrons. The molecule has 3 heterocycles. The van der Waals surface area contributed by atoms with E-state index in [1.807, 2.05) is 0 Å². The second kappa shape index (κ2) is 8.33. The quantitative estimate of drug-likeness (QED) is 0.203. The van der Waals surface area contributed by atoms with Gasteiger partial charge in [0.2, 0.25) is 0 Å². The maximum absolute atomic E-state index is 13.6. The lowest BCUT2D eigenvalue weighted by atomic mass is 9.93. The van der Waals surface area contributed by atoms with Crippen molar-refractivity contribution in [3.63, 3.8) is 0 Å². The minimum atomic E-state index is -1.00. The van der Waals surface area contributed by atoms with Crippen LogP contribution < -0.4 is 4.90 Å². The highest BCUT2D eigenvalue weighted by Gasteiger charge is 2.46. The largest absolute Gasteiger partial charge is 0.503 e. The Morgan fingerprint density at radius 2 is 1.91 bits per heavy atom. The fourth-order valence-corrected chi connectivity index (χ4v) is 5.27. The van der Waals surface area contributed by atoms with E-state index < -0.39 is 28.4 Å². The van der Waals surface area contributed by atoms with Crippen molar-refractivity contribution in [2.45, 2.75) is 19.9 Å². The first kappa shape index (κ1) is 22.8. The number of aromatic nitrogens is 1. The molecule has 11 heteroatoms. The summed E-state index contributed by atoms with van der Waals surface area (Å²) in [4.78, 5) is 43.3. The van der Waals surface area contributed by atoms with Gasteiger partial charge in [0.15, 0.2) is 16.7 Å². The number of thiazole rings is 1. The number of amides is 1. The Morgan fingerprint density at radius 3 is 2.54 bits per heavy atom. The molecule has 0 aliphatic carbocycles. The second-order valence-corrected chi connectivity index (χ2v) is 9.40. The average Bonchev–Trinajstić information content (AvgIpc) is 3.46. The van der Waals surface area contributed by atoms with Gasteiger partial charge in [0.05, 0.1) is 32.3 Å². The number of aryl methyl sites for hydroxylation is 2. The van der Waals surface area contributed by atoms with E-state index in [9.17, 15) is 24.8 Å². The fourth-order valence-electron chi connectivity index (χ4n) is 4.11. The maximum Gasteiger partial charge on any atom is 0.296 e. The lowest BCUT2D eigenvalue weighted by Gasteiger charge is -2.24. The lowest BCUT2D eigenvalue weighted by molar-refractivity contribution is -0.384. The first-order valence-electron chi connectivity index (χ1n) is 10.3. The van der Waals surface area contributed by atoms with Crippen LogP contribution in [-0.4, -0.2) is 26.7 Å². The van der Waals surface area contributed by atoms with Crippen LogP contribution in [0.1, 0.15) is 33.5 Å². The van der Waals surface area contributed by atoms with Gasteiger partial charge in [-0.05, 0) is 43.7 Å². The van der Waals surface area contributed by atoms with E-state index in [2.05, 4.69) is 4.98 Å². The molecule has 0 spiro atoms. The van der Waals surface area contributed by atoms with E-state index in [1.165, 1.54) is 23.1 Å². The van der Waals surface area contributed by atoms with Crippen molar-refractivity contribution >= 4 is 55.7 Å². The number of non-ortho nitro benzene ring substituents is 1. The molecule has 4 aromatic rings. The van der Waals surface area contributed by atoms with Crippen LogP contribution in [0, 0.1) is 24.0 Å². The van der Waals surface area contributed by atoms with Gasteiger partial charge in [0, 0.05) is 17.2 Å². The molecule has 1 N–H and O–H groups in total. The Labute approximate surface area is 207 Å². The number of anilines is 1. The van der Waals surface area contributed by atoms with Crippen LogP contribution in [0.4, 0.5) is 10.8 Å². The molecule has 176 valence electrons. The summed E-state index contributed by atoms with van der Waals surface area (Å²) in [5.41, 5.74) is 0.971. The summed E-state index contributed by atoms with van der Waals surface area (Å²) in [5.74, 6) is -1.17. The molecule has 0 saturated carbocycles. The number of carbonyl (C=O) groups is 2. The molecular weight excluding hydrogens is 494 g/mol. The number of Topliss-reactive ketones (excluding diaryl/α,β-unsaturated/α-hetero) is 1. The molecule has 35 heavy (non-hydrogen) atoms. The summed E-state index contributed by atoms with van der Waals surface area (Å²) in [5, 5.41) is 22.7. The highest BCUT2D eigenvalue weighted by atomic mass is 35.5. The fraction of sp³-hybridized carbons (Fsp3) is 0.125. The summed E-state index contributed by atoms with van der Waals surface area (Å²) in [6.45, 7) is 3.32. The number of aliphatic hydroxyl groups excluding tert-OH is 1. The minimum Gasteiger partial charge on any atom is -0.503 e. The Balaban J connectivity index is 1.67. The highest BCUT2D eigenvalue weighted by Crippen LogP contribution is 2.45. The lowest BCUT2D eigenvalue weighted by Crippen LogP contribution is -2.31. The molecule has 1 aliphatic rings. The summed E-state index contributed by atoms with van der Waals surface area (Å²) in [6.07, 6.45) is 0. The average molecular weight is 510 g/mol. The van der Waals surface area contributed by atoms with Gasteiger partial charge in [-0.25, -0.2) is 4.98 Å². The SMILES string of the molecule is Cc1cc(C(=O)C2=C(O)C(=O)N(c3nc4ccc([N+](=O)[O-])cc4s3)C2c2ccc(Cl)cc2)c(C)o1. The van der Waals surface area contributed by atoms with E-state index in [-0.39, 0.29) is 22.0 Å². The molecule has 0 bridgehead atoms. The second-order valence-electron chi connectivity index (χ2n) is 7.95. The van der Waals surface area contributed by atoms with Crippen LogP contribution >= 0.6 is 22.9 Å². The molecular formula is C24H16ClN3O6S. The number of nitrogens with zero attached hydrogens (tertiary/aromatic N) is 3. The smallest absolute Gasteiger partial charge is 0.296 e. The maximum atomic E-state index is 13.6. The zero-order chi connectivity index (χ0) is 25.0. The Morgan fingerprint density at radius 1 is 1.20 bits per heavy atom. The van der Waals surface area contributed by atoms with E-state index in [0.29, 0.717) is 32.3 Å².